The van der Waals surface area contributed by atoms with Crippen molar-refractivity contribution in [3.05, 3.63) is 30.0 Å². The van der Waals surface area contributed by atoms with Crippen molar-refractivity contribution in [2.24, 2.45) is 12.5 Å². The van der Waals surface area contributed by atoms with Crippen LogP contribution in [0.2, 0.25) is 0 Å². The topological polar surface area (TPSA) is 29.9 Å². The van der Waals surface area contributed by atoms with Crippen LogP contribution in [0.3, 0.4) is 0 Å². The second kappa shape index (κ2) is 5.11. The van der Waals surface area contributed by atoms with Gasteiger partial charge in [-0.15, -0.1) is 0 Å². The minimum atomic E-state index is 0.352. The van der Waals surface area contributed by atoms with E-state index >= 15 is 0 Å². The Labute approximate surface area is 109 Å². The van der Waals surface area contributed by atoms with E-state index in [-0.39, 0.29) is 0 Å². The van der Waals surface area contributed by atoms with Gasteiger partial charge < -0.3 is 5.32 Å². The summed E-state index contributed by atoms with van der Waals surface area (Å²) < 4.78 is 1.96. The third kappa shape index (κ3) is 2.72. The molecule has 3 heteroatoms. The van der Waals surface area contributed by atoms with Crippen LogP contribution in [0.25, 0.3) is 10.9 Å². The number of benzene rings is 1. The molecule has 0 aliphatic carbocycles. The number of nitrogens with zero attached hydrogens (tertiary/aromatic N) is 2. The number of rotatable bonds is 5. The zero-order valence-electron chi connectivity index (χ0n) is 11.8. The van der Waals surface area contributed by atoms with Crippen LogP contribution < -0.4 is 5.32 Å². The van der Waals surface area contributed by atoms with Crippen molar-refractivity contribution in [1.82, 2.24) is 15.1 Å². The highest BCUT2D eigenvalue weighted by Crippen LogP contribution is 2.20. The number of hydrogen-bond donors (Lipinski definition) is 1. The summed E-state index contributed by atoms with van der Waals surface area (Å²) in [4.78, 5) is 0. The van der Waals surface area contributed by atoms with Crippen LogP contribution in [0.5, 0.6) is 0 Å². The monoisotopic (exact) mass is 245 g/mol. The van der Waals surface area contributed by atoms with Gasteiger partial charge in [0.25, 0.3) is 0 Å². The Morgan fingerprint density at radius 2 is 2.00 bits per heavy atom. The van der Waals surface area contributed by atoms with Crippen molar-refractivity contribution in [1.29, 1.82) is 0 Å². The Bertz CT molecular complexity index is 526. The first kappa shape index (κ1) is 13.1. The molecule has 0 atom stereocenters. The Kier molecular flexibility index (Phi) is 3.71. The number of nitrogens with one attached hydrogen (secondary N) is 1. The lowest BCUT2D eigenvalue weighted by Crippen LogP contribution is -2.28. The predicted molar refractivity (Wildman–Crippen MR) is 76.5 cm³/mol. The molecule has 1 heterocycles. The molecular formula is C15H23N3. The maximum atomic E-state index is 4.59. The number of para-hydroxylation sites is 1. The molecule has 0 aliphatic rings. The SMILES string of the molecule is CCC(C)(C)CNCc1nn(C)c2ccccc12. The van der Waals surface area contributed by atoms with Crippen LogP contribution in [-0.4, -0.2) is 16.3 Å². The highest BCUT2D eigenvalue weighted by atomic mass is 15.3. The van der Waals surface area contributed by atoms with Gasteiger partial charge in [0.05, 0.1) is 11.2 Å². The summed E-state index contributed by atoms with van der Waals surface area (Å²) in [6.07, 6.45) is 1.18. The van der Waals surface area contributed by atoms with Gasteiger partial charge in [0.15, 0.2) is 0 Å². The summed E-state index contributed by atoms with van der Waals surface area (Å²) in [5.41, 5.74) is 2.69. The van der Waals surface area contributed by atoms with Gasteiger partial charge in [-0.2, -0.15) is 5.10 Å². The van der Waals surface area contributed by atoms with Crippen LogP contribution in [0.15, 0.2) is 24.3 Å². The third-order valence-electron chi connectivity index (χ3n) is 3.69. The standard InChI is InChI=1S/C15H23N3/c1-5-15(2,3)11-16-10-13-12-8-6-7-9-14(12)18(4)17-13/h6-9,16H,5,10-11H2,1-4H3. The lowest BCUT2D eigenvalue weighted by Gasteiger charge is -2.22. The average molecular weight is 245 g/mol. The summed E-state index contributed by atoms with van der Waals surface area (Å²) in [7, 11) is 2.00. The molecule has 0 amide bonds. The molecule has 0 spiro atoms. The smallest absolute Gasteiger partial charge is 0.0841 e. The van der Waals surface area contributed by atoms with E-state index in [0.717, 1.165) is 18.8 Å². The van der Waals surface area contributed by atoms with Gasteiger partial charge in [-0.05, 0) is 17.9 Å². The highest BCUT2D eigenvalue weighted by molar-refractivity contribution is 5.81. The van der Waals surface area contributed by atoms with Crippen molar-refractivity contribution < 1.29 is 0 Å². The fourth-order valence-electron chi connectivity index (χ4n) is 2.06. The van der Waals surface area contributed by atoms with E-state index in [1.165, 1.54) is 17.3 Å². The Balaban J connectivity index is 2.09. The fourth-order valence-corrected chi connectivity index (χ4v) is 2.06. The second-order valence-corrected chi connectivity index (χ2v) is 5.71. The Morgan fingerprint density at radius 1 is 1.28 bits per heavy atom. The first-order valence-corrected chi connectivity index (χ1v) is 6.65. The van der Waals surface area contributed by atoms with Gasteiger partial charge in [0.2, 0.25) is 0 Å². The minimum Gasteiger partial charge on any atom is -0.311 e. The number of aryl methyl sites for hydroxylation is 1. The van der Waals surface area contributed by atoms with Crippen molar-refractivity contribution in [2.75, 3.05) is 6.54 Å². The van der Waals surface area contributed by atoms with Crippen LogP contribution >= 0.6 is 0 Å². The average Bonchev–Trinajstić information content (AvgIpc) is 2.67. The molecular weight excluding hydrogens is 222 g/mol. The molecule has 0 saturated carbocycles. The molecule has 1 aromatic carbocycles. The van der Waals surface area contributed by atoms with E-state index in [9.17, 15) is 0 Å². The molecule has 98 valence electrons. The van der Waals surface area contributed by atoms with E-state index in [1.807, 2.05) is 11.7 Å². The molecule has 0 saturated heterocycles. The van der Waals surface area contributed by atoms with Gasteiger partial charge in [-0.3, -0.25) is 4.68 Å². The molecule has 3 nitrogen and oxygen atoms in total. The largest absolute Gasteiger partial charge is 0.311 e. The van der Waals surface area contributed by atoms with Crippen LogP contribution in [0, 0.1) is 5.41 Å². The van der Waals surface area contributed by atoms with E-state index in [0.29, 0.717) is 5.41 Å². The molecule has 0 unspecified atom stereocenters. The third-order valence-corrected chi connectivity index (χ3v) is 3.69. The molecule has 2 aromatic rings. The molecule has 0 radical (unpaired) electrons. The van der Waals surface area contributed by atoms with Crippen molar-refractivity contribution >= 4 is 10.9 Å². The maximum Gasteiger partial charge on any atom is 0.0841 e. The first-order valence-electron chi connectivity index (χ1n) is 6.65. The highest BCUT2D eigenvalue weighted by Gasteiger charge is 2.15. The minimum absolute atomic E-state index is 0.352. The van der Waals surface area contributed by atoms with Crippen LogP contribution in [0.1, 0.15) is 32.9 Å². The summed E-state index contributed by atoms with van der Waals surface area (Å²) >= 11 is 0. The zero-order chi connectivity index (χ0) is 13.2. The van der Waals surface area contributed by atoms with Gasteiger partial charge in [0.1, 0.15) is 0 Å². The van der Waals surface area contributed by atoms with Crippen molar-refractivity contribution in [3.8, 4) is 0 Å². The summed E-state index contributed by atoms with van der Waals surface area (Å²) in [5.74, 6) is 0. The number of aromatic nitrogens is 2. The Hall–Kier alpha value is -1.35. The predicted octanol–water partition coefficient (Wildman–Crippen LogP) is 3.10. The van der Waals surface area contributed by atoms with Gasteiger partial charge in [0, 0.05) is 25.5 Å². The molecule has 18 heavy (non-hydrogen) atoms. The Morgan fingerprint density at radius 3 is 2.72 bits per heavy atom. The van der Waals surface area contributed by atoms with E-state index in [1.54, 1.807) is 0 Å². The molecule has 0 fully saturated rings. The van der Waals surface area contributed by atoms with E-state index in [4.69, 9.17) is 0 Å². The van der Waals surface area contributed by atoms with Gasteiger partial charge in [-0.25, -0.2) is 0 Å². The van der Waals surface area contributed by atoms with E-state index in [2.05, 4.69) is 55.5 Å². The van der Waals surface area contributed by atoms with Crippen molar-refractivity contribution in [2.45, 2.75) is 33.7 Å². The van der Waals surface area contributed by atoms with E-state index < -0.39 is 0 Å². The molecule has 0 bridgehead atoms. The summed E-state index contributed by atoms with van der Waals surface area (Å²) in [5, 5.41) is 9.36. The molecule has 1 aromatic heterocycles. The zero-order valence-corrected chi connectivity index (χ0v) is 11.8. The molecule has 0 aliphatic heterocycles. The number of hydrogen-bond acceptors (Lipinski definition) is 2. The first-order chi connectivity index (χ1) is 8.53. The van der Waals surface area contributed by atoms with Gasteiger partial charge >= 0.3 is 0 Å². The quantitative estimate of drug-likeness (QED) is 0.877. The normalized spacial score (nSPS) is 12.2. The van der Waals surface area contributed by atoms with Crippen molar-refractivity contribution in [3.63, 3.8) is 0 Å². The fraction of sp³-hybridized carbons (Fsp3) is 0.533. The van der Waals surface area contributed by atoms with Crippen LogP contribution in [-0.2, 0) is 13.6 Å². The molecule has 1 N–H and O–H groups in total. The molecule has 2 rings (SSSR count). The summed E-state index contributed by atoms with van der Waals surface area (Å²) in [6.45, 7) is 8.67. The van der Waals surface area contributed by atoms with Crippen LogP contribution in [0.4, 0.5) is 0 Å². The number of fused-ring (bicyclic) bond motifs is 1. The second-order valence-electron chi connectivity index (χ2n) is 5.71. The lowest BCUT2D eigenvalue weighted by molar-refractivity contribution is 0.327. The lowest BCUT2D eigenvalue weighted by atomic mass is 9.90. The summed E-state index contributed by atoms with van der Waals surface area (Å²) in [6, 6.07) is 8.39. The van der Waals surface area contributed by atoms with Gasteiger partial charge in [-0.1, -0.05) is 39.0 Å². The maximum absolute atomic E-state index is 4.59.